The van der Waals surface area contributed by atoms with Gasteiger partial charge in [0.15, 0.2) is 0 Å². The highest BCUT2D eigenvalue weighted by molar-refractivity contribution is 7.92. The minimum atomic E-state index is -3.66. The summed E-state index contributed by atoms with van der Waals surface area (Å²) in [6.45, 7) is 0.541. The van der Waals surface area contributed by atoms with Crippen LogP contribution in [0, 0.1) is 0 Å². The molecule has 0 aliphatic rings. The molecule has 2 aromatic carbocycles. The third-order valence-corrected chi connectivity index (χ3v) is 5.67. The fraction of sp³-hybridized carbons (Fsp3) is 0.333. The van der Waals surface area contributed by atoms with Crippen molar-refractivity contribution >= 4 is 27.6 Å². The van der Waals surface area contributed by atoms with Gasteiger partial charge in [0.1, 0.15) is 0 Å². The molecule has 0 bridgehead atoms. The molecule has 0 aliphatic carbocycles. The highest BCUT2D eigenvalue weighted by Gasteiger charge is 2.13. The maximum Gasteiger partial charge on any atom is 0.305 e. The zero-order valence-corrected chi connectivity index (χ0v) is 17.2. The molecule has 0 heterocycles. The number of rotatable bonds is 11. The summed E-state index contributed by atoms with van der Waals surface area (Å²) in [6.07, 6.45) is 3.84. The van der Waals surface area contributed by atoms with Crippen molar-refractivity contribution in [2.75, 3.05) is 18.4 Å². The number of carbonyl (C=O) groups is 2. The Kier molecular flexibility index (Phi) is 8.67. The van der Waals surface area contributed by atoms with Crippen LogP contribution in [-0.2, 0) is 19.6 Å². The van der Waals surface area contributed by atoms with Gasteiger partial charge in [0, 0.05) is 24.2 Å². The van der Waals surface area contributed by atoms with Gasteiger partial charge >= 0.3 is 5.97 Å². The van der Waals surface area contributed by atoms with E-state index in [0.29, 0.717) is 24.2 Å². The van der Waals surface area contributed by atoms with Gasteiger partial charge < -0.3 is 10.1 Å². The van der Waals surface area contributed by atoms with E-state index >= 15 is 0 Å². The van der Waals surface area contributed by atoms with Gasteiger partial charge in [0.2, 0.25) is 0 Å². The lowest BCUT2D eigenvalue weighted by atomic mass is 10.1. The molecule has 0 fully saturated rings. The van der Waals surface area contributed by atoms with E-state index in [1.54, 1.807) is 42.5 Å². The maximum absolute atomic E-state index is 12.3. The van der Waals surface area contributed by atoms with E-state index in [-0.39, 0.29) is 16.8 Å². The minimum Gasteiger partial charge on any atom is -0.469 e. The first-order valence-corrected chi connectivity index (χ1v) is 10.9. The summed E-state index contributed by atoms with van der Waals surface area (Å²) in [7, 11) is -2.28. The fourth-order valence-corrected chi connectivity index (χ4v) is 3.74. The summed E-state index contributed by atoms with van der Waals surface area (Å²) >= 11 is 0. The molecular weight excluding hydrogens is 392 g/mol. The average Bonchev–Trinajstić information content (AvgIpc) is 2.73. The van der Waals surface area contributed by atoms with Crippen molar-refractivity contribution in [2.45, 2.75) is 37.0 Å². The number of esters is 1. The molecule has 0 saturated heterocycles. The van der Waals surface area contributed by atoms with Gasteiger partial charge in [-0.25, -0.2) is 8.42 Å². The second-order valence-electron chi connectivity index (χ2n) is 6.49. The molecule has 29 heavy (non-hydrogen) atoms. The van der Waals surface area contributed by atoms with Crippen LogP contribution in [0.4, 0.5) is 5.69 Å². The van der Waals surface area contributed by atoms with Crippen LogP contribution in [0.15, 0.2) is 59.5 Å². The minimum absolute atomic E-state index is 0.174. The number of hydrogen-bond donors (Lipinski definition) is 2. The Balaban J connectivity index is 1.75. The molecule has 0 unspecified atom stereocenters. The van der Waals surface area contributed by atoms with E-state index in [9.17, 15) is 18.0 Å². The van der Waals surface area contributed by atoms with E-state index in [2.05, 4.69) is 14.8 Å². The Hall–Kier alpha value is -2.87. The second kappa shape index (κ2) is 11.2. The Bertz CT molecular complexity index is 896. The Morgan fingerprint density at radius 1 is 0.897 bits per heavy atom. The summed E-state index contributed by atoms with van der Waals surface area (Å²) in [5, 5.41) is 2.83. The Labute approximate surface area is 171 Å². The summed E-state index contributed by atoms with van der Waals surface area (Å²) in [5.41, 5.74) is 0.842. The number of sulfonamides is 1. The van der Waals surface area contributed by atoms with Crippen molar-refractivity contribution in [3.8, 4) is 0 Å². The molecule has 0 radical (unpaired) electrons. The van der Waals surface area contributed by atoms with Gasteiger partial charge in [0.25, 0.3) is 15.9 Å². The molecule has 0 aromatic heterocycles. The summed E-state index contributed by atoms with van der Waals surface area (Å²) in [4.78, 5) is 23.3. The van der Waals surface area contributed by atoms with Gasteiger partial charge in [-0.3, -0.25) is 14.3 Å². The number of benzene rings is 2. The SMILES string of the molecule is COC(=O)CCCCCCNC(=O)c1ccc(NS(=O)(=O)c2ccccc2)cc1. The molecule has 2 N–H and O–H groups in total. The van der Waals surface area contributed by atoms with Crippen LogP contribution in [0.25, 0.3) is 0 Å². The summed E-state index contributed by atoms with van der Waals surface area (Å²) in [5.74, 6) is -0.412. The van der Waals surface area contributed by atoms with Gasteiger partial charge in [-0.1, -0.05) is 31.0 Å². The quantitative estimate of drug-likeness (QED) is 0.430. The average molecular weight is 419 g/mol. The molecule has 0 spiro atoms. The Morgan fingerprint density at radius 3 is 2.21 bits per heavy atom. The predicted molar refractivity (Wildman–Crippen MR) is 111 cm³/mol. The van der Waals surface area contributed by atoms with E-state index in [1.165, 1.54) is 19.2 Å². The molecular formula is C21H26N2O5S. The number of unbranched alkanes of at least 4 members (excludes halogenated alkanes) is 3. The lowest BCUT2D eigenvalue weighted by molar-refractivity contribution is -0.140. The molecule has 0 atom stereocenters. The lowest BCUT2D eigenvalue weighted by Crippen LogP contribution is -2.24. The first kappa shape index (κ1) is 22.4. The molecule has 2 rings (SSSR count). The summed E-state index contributed by atoms with van der Waals surface area (Å²) in [6, 6.07) is 14.4. The van der Waals surface area contributed by atoms with Crippen LogP contribution in [-0.4, -0.2) is 33.9 Å². The van der Waals surface area contributed by atoms with Gasteiger partial charge in [0.05, 0.1) is 12.0 Å². The molecule has 8 heteroatoms. The molecule has 0 aliphatic heterocycles. The van der Waals surface area contributed by atoms with Crippen LogP contribution in [0.2, 0.25) is 0 Å². The monoisotopic (exact) mass is 418 g/mol. The molecule has 0 saturated carbocycles. The number of ether oxygens (including phenoxy) is 1. The Morgan fingerprint density at radius 2 is 1.55 bits per heavy atom. The van der Waals surface area contributed by atoms with Crippen molar-refractivity contribution in [3.05, 3.63) is 60.2 Å². The number of carbonyl (C=O) groups excluding carboxylic acids is 2. The van der Waals surface area contributed by atoms with Crippen LogP contribution in [0.1, 0.15) is 42.5 Å². The van der Waals surface area contributed by atoms with Gasteiger partial charge in [-0.05, 0) is 49.2 Å². The molecule has 1 amide bonds. The van der Waals surface area contributed by atoms with E-state index < -0.39 is 10.0 Å². The maximum atomic E-state index is 12.3. The zero-order chi connectivity index (χ0) is 21.1. The predicted octanol–water partition coefficient (Wildman–Crippen LogP) is 3.34. The normalized spacial score (nSPS) is 10.9. The first-order valence-electron chi connectivity index (χ1n) is 9.45. The fourth-order valence-electron chi connectivity index (χ4n) is 2.66. The van der Waals surface area contributed by atoms with Crippen LogP contribution < -0.4 is 10.0 Å². The van der Waals surface area contributed by atoms with E-state index in [1.807, 2.05) is 0 Å². The van der Waals surface area contributed by atoms with Crippen molar-refractivity contribution in [3.63, 3.8) is 0 Å². The van der Waals surface area contributed by atoms with Crippen LogP contribution >= 0.6 is 0 Å². The number of anilines is 1. The smallest absolute Gasteiger partial charge is 0.305 e. The molecule has 7 nitrogen and oxygen atoms in total. The van der Waals surface area contributed by atoms with Crippen molar-refractivity contribution in [2.24, 2.45) is 0 Å². The molecule has 2 aromatic rings. The van der Waals surface area contributed by atoms with Crippen molar-refractivity contribution < 1.29 is 22.7 Å². The zero-order valence-electron chi connectivity index (χ0n) is 16.4. The van der Waals surface area contributed by atoms with Crippen molar-refractivity contribution in [1.82, 2.24) is 5.32 Å². The second-order valence-corrected chi connectivity index (χ2v) is 8.17. The van der Waals surface area contributed by atoms with Crippen molar-refractivity contribution in [1.29, 1.82) is 0 Å². The van der Waals surface area contributed by atoms with E-state index in [0.717, 1.165) is 25.7 Å². The van der Waals surface area contributed by atoms with E-state index in [4.69, 9.17) is 0 Å². The highest BCUT2D eigenvalue weighted by Crippen LogP contribution is 2.16. The third-order valence-electron chi connectivity index (χ3n) is 4.27. The standard InChI is InChI=1S/C21H26N2O5S/c1-28-20(24)11-7-2-3-8-16-22-21(25)17-12-14-18(15-13-17)23-29(26,27)19-9-5-4-6-10-19/h4-6,9-10,12-15,23H,2-3,7-8,11,16H2,1H3,(H,22,25). The molecule has 156 valence electrons. The lowest BCUT2D eigenvalue weighted by Gasteiger charge is -2.09. The number of nitrogens with one attached hydrogen (secondary N) is 2. The number of amides is 1. The van der Waals surface area contributed by atoms with Gasteiger partial charge in [-0.15, -0.1) is 0 Å². The van der Waals surface area contributed by atoms with Gasteiger partial charge in [-0.2, -0.15) is 0 Å². The topological polar surface area (TPSA) is 102 Å². The largest absolute Gasteiger partial charge is 0.469 e. The van der Waals surface area contributed by atoms with Crippen LogP contribution in [0.3, 0.4) is 0 Å². The first-order chi connectivity index (χ1) is 13.9. The highest BCUT2D eigenvalue weighted by atomic mass is 32.2. The third kappa shape index (κ3) is 7.57. The number of hydrogen-bond acceptors (Lipinski definition) is 5. The summed E-state index contributed by atoms with van der Waals surface area (Å²) < 4.78 is 31.7. The van der Waals surface area contributed by atoms with Crippen LogP contribution in [0.5, 0.6) is 0 Å². The number of methoxy groups -OCH3 is 1.